The standard InChI is InChI=1S/C52H95NO9/c1-3-5-7-9-11-13-15-17-18-19-20-21-22-23-24-25-26-27-29-31-33-35-37-39-41-46(56)51(60)53-44(43-61-52-50(59)49(58)48(57)47(42-54)62-52)45(55)40-38-36-34-32-30-28-16-14-12-10-8-6-4-2/h13,15-16,28,30,32,38,40,44-50,52,54-59H,3-12,14,17-27,29,31,33-37,39,41-43H2,1-2H3,(H,53,60)/b15-13-,28-16+,32-30+,40-38+/t44-,45+,46+,47+,48+,49-,50+,52+/m0/s1. The zero-order chi connectivity index (χ0) is 45.3. The lowest BCUT2D eigenvalue weighted by atomic mass is 9.99. The topological polar surface area (TPSA) is 169 Å². The molecule has 0 aromatic rings. The van der Waals surface area contributed by atoms with Gasteiger partial charge in [-0.15, -0.1) is 0 Å². The molecule has 0 bridgehead atoms. The van der Waals surface area contributed by atoms with E-state index >= 15 is 0 Å². The number of aliphatic hydroxyl groups excluding tert-OH is 6. The number of carbonyl (C=O) groups excluding carboxylic acids is 1. The zero-order valence-electron chi connectivity index (χ0n) is 39.5. The number of hydrogen-bond acceptors (Lipinski definition) is 9. The van der Waals surface area contributed by atoms with Crippen molar-refractivity contribution < 1.29 is 44.9 Å². The first-order chi connectivity index (χ1) is 30.3. The molecule has 1 aliphatic rings. The molecule has 0 unspecified atom stereocenters. The summed E-state index contributed by atoms with van der Waals surface area (Å²) in [4.78, 5) is 13.1. The van der Waals surface area contributed by atoms with E-state index in [4.69, 9.17) is 9.47 Å². The van der Waals surface area contributed by atoms with E-state index in [-0.39, 0.29) is 6.61 Å². The molecule has 0 radical (unpaired) electrons. The minimum absolute atomic E-state index is 0.300. The third kappa shape index (κ3) is 31.1. The molecule has 1 rings (SSSR count). The van der Waals surface area contributed by atoms with Gasteiger partial charge in [-0.05, 0) is 57.8 Å². The van der Waals surface area contributed by atoms with Gasteiger partial charge in [0.25, 0.3) is 0 Å². The molecule has 1 fully saturated rings. The third-order valence-corrected chi connectivity index (χ3v) is 12.0. The summed E-state index contributed by atoms with van der Waals surface area (Å²) in [6, 6.07) is -1.01. The summed E-state index contributed by atoms with van der Waals surface area (Å²) in [6.07, 6.45) is 43.5. The van der Waals surface area contributed by atoms with Gasteiger partial charge in [0.15, 0.2) is 6.29 Å². The van der Waals surface area contributed by atoms with Gasteiger partial charge in [0.05, 0.1) is 25.4 Å². The van der Waals surface area contributed by atoms with Crippen LogP contribution in [0.1, 0.15) is 213 Å². The molecule has 1 amide bonds. The first-order valence-corrected chi connectivity index (χ1v) is 25.5. The average Bonchev–Trinajstić information content (AvgIpc) is 3.27. The monoisotopic (exact) mass is 878 g/mol. The highest BCUT2D eigenvalue weighted by Gasteiger charge is 2.44. The van der Waals surface area contributed by atoms with E-state index in [2.05, 4.69) is 49.5 Å². The fraction of sp³-hybridized carbons (Fsp3) is 0.827. The highest BCUT2D eigenvalue weighted by molar-refractivity contribution is 5.80. The lowest BCUT2D eigenvalue weighted by Gasteiger charge is -2.40. The predicted molar refractivity (Wildman–Crippen MR) is 255 cm³/mol. The first-order valence-electron chi connectivity index (χ1n) is 25.5. The zero-order valence-corrected chi connectivity index (χ0v) is 39.5. The number of unbranched alkanes of at least 4 members (excludes halogenated alkanes) is 26. The van der Waals surface area contributed by atoms with E-state index in [0.29, 0.717) is 19.3 Å². The van der Waals surface area contributed by atoms with Gasteiger partial charge in [0.2, 0.25) is 5.91 Å². The molecule has 1 aliphatic heterocycles. The Hall–Kier alpha value is -1.89. The van der Waals surface area contributed by atoms with Crippen LogP contribution in [-0.2, 0) is 14.3 Å². The summed E-state index contributed by atoms with van der Waals surface area (Å²) >= 11 is 0. The van der Waals surface area contributed by atoms with Crippen LogP contribution in [0, 0.1) is 0 Å². The Morgan fingerprint density at radius 2 is 1.00 bits per heavy atom. The minimum Gasteiger partial charge on any atom is -0.394 e. The Bertz CT molecular complexity index is 1130. The van der Waals surface area contributed by atoms with Crippen molar-refractivity contribution in [3.63, 3.8) is 0 Å². The number of nitrogens with one attached hydrogen (secondary N) is 1. The second kappa shape index (κ2) is 41.8. The largest absolute Gasteiger partial charge is 0.394 e. The summed E-state index contributed by atoms with van der Waals surface area (Å²) in [5.74, 6) is -0.633. The van der Waals surface area contributed by atoms with Crippen LogP contribution >= 0.6 is 0 Å². The van der Waals surface area contributed by atoms with Gasteiger partial charge in [0, 0.05) is 0 Å². The Balaban J connectivity index is 2.31. The maximum absolute atomic E-state index is 13.1. The van der Waals surface area contributed by atoms with Crippen molar-refractivity contribution in [2.75, 3.05) is 13.2 Å². The van der Waals surface area contributed by atoms with Crippen LogP contribution in [0.2, 0.25) is 0 Å². The van der Waals surface area contributed by atoms with Gasteiger partial charge < -0.3 is 45.4 Å². The molecule has 0 aromatic heterocycles. The number of allylic oxidation sites excluding steroid dienone is 7. The summed E-state index contributed by atoms with van der Waals surface area (Å²) in [7, 11) is 0. The molecule has 7 N–H and O–H groups in total. The molecule has 8 atom stereocenters. The van der Waals surface area contributed by atoms with Crippen LogP contribution in [-0.4, -0.2) is 98.7 Å². The number of amides is 1. The highest BCUT2D eigenvalue weighted by atomic mass is 16.7. The smallest absolute Gasteiger partial charge is 0.249 e. The average molecular weight is 878 g/mol. The minimum atomic E-state index is -1.62. The molecular weight excluding hydrogens is 783 g/mol. The second-order valence-corrected chi connectivity index (χ2v) is 17.8. The number of ether oxygens (including phenoxy) is 2. The number of hydrogen-bond donors (Lipinski definition) is 7. The first kappa shape index (κ1) is 58.1. The number of rotatable bonds is 42. The predicted octanol–water partition coefficient (Wildman–Crippen LogP) is 10.4. The number of aliphatic hydroxyl groups is 6. The van der Waals surface area contributed by atoms with Gasteiger partial charge in [-0.25, -0.2) is 0 Å². The van der Waals surface area contributed by atoms with Crippen molar-refractivity contribution in [3.05, 3.63) is 48.6 Å². The van der Waals surface area contributed by atoms with E-state index in [1.54, 1.807) is 6.08 Å². The van der Waals surface area contributed by atoms with E-state index in [0.717, 1.165) is 32.1 Å². The molecular formula is C52H95NO9. The fourth-order valence-corrected chi connectivity index (χ4v) is 7.82. The fourth-order valence-electron chi connectivity index (χ4n) is 7.82. The van der Waals surface area contributed by atoms with Crippen LogP contribution in [0.3, 0.4) is 0 Å². The molecule has 62 heavy (non-hydrogen) atoms. The Morgan fingerprint density at radius 1 is 0.565 bits per heavy atom. The maximum Gasteiger partial charge on any atom is 0.249 e. The Morgan fingerprint density at radius 3 is 1.52 bits per heavy atom. The molecule has 10 nitrogen and oxygen atoms in total. The van der Waals surface area contributed by atoms with Crippen LogP contribution in [0.15, 0.2) is 48.6 Å². The van der Waals surface area contributed by atoms with Crippen molar-refractivity contribution in [1.29, 1.82) is 0 Å². The highest BCUT2D eigenvalue weighted by Crippen LogP contribution is 2.23. The molecule has 1 heterocycles. The van der Waals surface area contributed by atoms with E-state index in [1.807, 2.05) is 12.2 Å². The molecule has 1 saturated heterocycles. The number of carbonyl (C=O) groups is 1. The quantitative estimate of drug-likeness (QED) is 0.0179. The Labute approximate surface area is 378 Å². The van der Waals surface area contributed by atoms with Crippen LogP contribution in [0.5, 0.6) is 0 Å². The molecule has 0 aromatic carbocycles. The summed E-state index contributed by atoms with van der Waals surface area (Å²) in [5.41, 5.74) is 0. The van der Waals surface area contributed by atoms with Crippen LogP contribution in [0.4, 0.5) is 0 Å². The van der Waals surface area contributed by atoms with Crippen LogP contribution in [0.25, 0.3) is 0 Å². The normalized spacial score (nSPS) is 21.2. The van der Waals surface area contributed by atoms with E-state index in [1.165, 1.54) is 148 Å². The van der Waals surface area contributed by atoms with Crippen molar-refractivity contribution >= 4 is 5.91 Å². The van der Waals surface area contributed by atoms with Crippen molar-refractivity contribution in [3.8, 4) is 0 Å². The molecule has 362 valence electrons. The SMILES string of the molecule is CCCCCC/C=C\CCCCCCCCCCCCCCCCCC[C@@H](O)C(=O)N[C@@H](CO[C@@H]1O[C@H](CO)[C@@H](O)[C@H](O)[C@H]1O)[C@H](O)/C=C/CC/C=C/C=C/CCCCCCC. The lowest BCUT2D eigenvalue weighted by molar-refractivity contribution is -0.302. The third-order valence-electron chi connectivity index (χ3n) is 12.0. The van der Waals surface area contributed by atoms with Crippen molar-refractivity contribution in [1.82, 2.24) is 5.32 Å². The van der Waals surface area contributed by atoms with Crippen LogP contribution < -0.4 is 5.32 Å². The summed E-state index contributed by atoms with van der Waals surface area (Å²) in [5, 5.41) is 64.7. The van der Waals surface area contributed by atoms with Gasteiger partial charge in [0.1, 0.15) is 30.5 Å². The molecule has 0 spiro atoms. The lowest BCUT2D eigenvalue weighted by Crippen LogP contribution is -2.60. The second-order valence-electron chi connectivity index (χ2n) is 17.8. The molecule has 0 saturated carbocycles. The molecule has 10 heteroatoms. The molecule has 0 aliphatic carbocycles. The van der Waals surface area contributed by atoms with Gasteiger partial charge in [-0.3, -0.25) is 4.79 Å². The summed E-state index contributed by atoms with van der Waals surface area (Å²) in [6.45, 7) is 3.55. The van der Waals surface area contributed by atoms with Gasteiger partial charge >= 0.3 is 0 Å². The van der Waals surface area contributed by atoms with Gasteiger partial charge in [-0.1, -0.05) is 204 Å². The van der Waals surface area contributed by atoms with E-state index < -0.39 is 61.5 Å². The summed E-state index contributed by atoms with van der Waals surface area (Å²) < 4.78 is 11.1. The van der Waals surface area contributed by atoms with Crippen molar-refractivity contribution in [2.24, 2.45) is 0 Å². The van der Waals surface area contributed by atoms with E-state index in [9.17, 15) is 35.4 Å². The van der Waals surface area contributed by atoms with Crippen molar-refractivity contribution in [2.45, 2.75) is 262 Å². The van der Waals surface area contributed by atoms with Gasteiger partial charge in [-0.2, -0.15) is 0 Å². The Kier molecular flexibility index (Phi) is 39.2. The maximum atomic E-state index is 13.1.